The average molecular weight is 361 g/mol. The van der Waals surface area contributed by atoms with Crippen molar-refractivity contribution in [1.82, 2.24) is 10.2 Å². The van der Waals surface area contributed by atoms with Crippen LogP contribution in [0.25, 0.3) is 0 Å². The van der Waals surface area contributed by atoms with Gasteiger partial charge in [0.15, 0.2) is 0 Å². The molecule has 0 aromatic heterocycles. The summed E-state index contributed by atoms with van der Waals surface area (Å²) >= 11 is 0. The number of piperidine rings is 1. The molecule has 1 aromatic carbocycles. The van der Waals surface area contributed by atoms with E-state index < -0.39 is 0 Å². The minimum Gasteiger partial charge on any atom is -0.495 e. The molecule has 0 aliphatic carbocycles. The van der Waals surface area contributed by atoms with Gasteiger partial charge in [0.2, 0.25) is 5.91 Å². The summed E-state index contributed by atoms with van der Waals surface area (Å²) in [7, 11) is 1.59. The van der Waals surface area contributed by atoms with E-state index in [0.29, 0.717) is 43.4 Å². The van der Waals surface area contributed by atoms with Crippen LogP contribution < -0.4 is 15.4 Å². The molecule has 0 unspecified atom stereocenters. The first-order valence-electron chi connectivity index (χ1n) is 9.24. The summed E-state index contributed by atoms with van der Waals surface area (Å²) in [5.41, 5.74) is 0.681. The molecule has 1 aromatic rings. The van der Waals surface area contributed by atoms with E-state index in [0.717, 1.165) is 12.8 Å². The number of nitrogens with zero attached hydrogens (tertiary/aromatic N) is 1. The van der Waals surface area contributed by atoms with Crippen LogP contribution in [0.5, 0.6) is 5.75 Å². The van der Waals surface area contributed by atoms with Gasteiger partial charge in [-0.3, -0.25) is 4.79 Å². The molecule has 1 heterocycles. The highest BCUT2D eigenvalue weighted by Crippen LogP contribution is 2.24. The van der Waals surface area contributed by atoms with Gasteiger partial charge in [0, 0.05) is 26.1 Å². The van der Waals surface area contributed by atoms with Crippen LogP contribution in [0.15, 0.2) is 24.3 Å². The Morgan fingerprint density at radius 1 is 1.19 bits per heavy atom. The van der Waals surface area contributed by atoms with E-state index in [1.54, 1.807) is 7.11 Å². The monoisotopic (exact) mass is 361 g/mol. The number of benzene rings is 1. The Morgan fingerprint density at radius 3 is 2.46 bits per heavy atom. The van der Waals surface area contributed by atoms with Gasteiger partial charge < -0.3 is 20.3 Å². The highest BCUT2D eigenvalue weighted by atomic mass is 16.5. The lowest BCUT2D eigenvalue weighted by atomic mass is 9.91. The highest BCUT2D eigenvalue weighted by molar-refractivity contribution is 5.91. The van der Waals surface area contributed by atoms with E-state index in [4.69, 9.17) is 4.74 Å². The topological polar surface area (TPSA) is 70.7 Å². The maximum atomic E-state index is 12.5. The van der Waals surface area contributed by atoms with Crippen LogP contribution in [-0.4, -0.2) is 43.6 Å². The average Bonchev–Trinajstić information content (AvgIpc) is 2.59. The first-order chi connectivity index (χ1) is 12.3. The van der Waals surface area contributed by atoms with E-state index in [2.05, 4.69) is 31.4 Å². The summed E-state index contributed by atoms with van der Waals surface area (Å²) < 4.78 is 5.27. The Bertz CT molecular complexity index is 617. The molecule has 26 heavy (non-hydrogen) atoms. The fourth-order valence-corrected chi connectivity index (χ4v) is 3.08. The molecule has 1 saturated heterocycles. The van der Waals surface area contributed by atoms with Gasteiger partial charge >= 0.3 is 6.03 Å². The summed E-state index contributed by atoms with van der Waals surface area (Å²) in [4.78, 5) is 26.2. The number of ether oxygens (including phenoxy) is 1. The third kappa shape index (κ3) is 6.24. The summed E-state index contributed by atoms with van der Waals surface area (Å²) in [6.45, 7) is 8.26. The maximum Gasteiger partial charge on any atom is 0.321 e. The number of anilines is 1. The zero-order valence-corrected chi connectivity index (χ0v) is 16.3. The van der Waals surface area contributed by atoms with Crippen molar-refractivity contribution < 1.29 is 14.3 Å². The van der Waals surface area contributed by atoms with Crippen molar-refractivity contribution >= 4 is 17.6 Å². The van der Waals surface area contributed by atoms with Gasteiger partial charge in [0.25, 0.3) is 0 Å². The molecule has 1 fully saturated rings. The molecular weight excluding hydrogens is 330 g/mol. The maximum absolute atomic E-state index is 12.5. The second-order valence-electron chi connectivity index (χ2n) is 8.10. The van der Waals surface area contributed by atoms with Crippen LogP contribution in [0.3, 0.4) is 0 Å². The molecule has 0 bridgehead atoms. The molecule has 2 rings (SSSR count). The lowest BCUT2D eigenvalue weighted by Crippen LogP contribution is -2.43. The molecule has 6 heteroatoms. The molecule has 144 valence electrons. The Hall–Kier alpha value is -2.24. The molecule has 3 amide bonds. The quantitative estimate of drug-likeness (QED) is 0.843. The predicted molar refractivity (Wildman–Crippen MR) is 103 cm³/mol. The SMILES string of the molecule is COc1ccccc1NC(=O)N1CCC(CNC(=O)CC(C)(C)C)CC1. The van der Waals surface area contributed by atoms with Crippen LogP contribution in [0.1, 0.15) is 40.0 Å². The fraction of sp³-hybridized carbons (Fsp3) is 0.600. The van der Waals surface area contributed by atoms with Gasteiger partial charge in [-0.1, -0.05) is 32.9 Å². The third-order valence-corrected chi connectivity index (χ3v) is 4.53. The molecule has 6 nitrogen and oxygen atoms in total. The van der Waals surface area contributed by atoms with Crippen LogP contribution in [-0.2, 0) is 4.79 Å². The summed E-state index contributed by atoms with van der Waals surface area (Å²) in [5.74, 6) is 1.18. The van der Waals surface area contributed by atoms with E-state index in [1.807, 2.05) is 29.2 Å². The van der Waals surface area contributed by atoms with Crippen LogP contribution >= 0.6 is 0 Å². The second kappa shape index (κ2) is 8.92. The number of likely N-dealkylation sites (tertiary alicyclic amines) is 1. The number of rotatable bonds is 5. The van der Waals surface area contributed by atoms with Crippen molar-refractivity contribution in [2.75, 3.05) is 32.1 Å². The van der Waals surface area contributed by atoms with E-state index >= 15 is 0 Å². The number of nitrogens with one attached hydrogen (secondary N) is 2. The summed E-state index contributed by atoms with van der Waals surface area (Å²) in [6.07, 6.45) is 2.33. The van der Waals surface area contributed by atoms with Gasteiger partial charge in [-0.15, -0.1) is 0 Å². The minimum atomic E-state index is -0.107. The van der Waals surface area contributed by atoms with Gasteiger partial charge in [-0.25, -0.2) is 4.79 Å². The predicted octanol–water partition coefficient (Wildman–Crippen LogP) is 3.49. The van der Waals surface area contributed by atoms with Crippen molar-refractivity contribution in [2.45, 2.75) is 40.0 Å². The standard InChI is InChI=1S/C20H31N3O3/c1-20(2,3)13-18(24)21-14-15-9-11-23(12-10-15)19(25)22-16-7-5-6-8-17(16)26-4/h5-8,15H,9-14H2,1-4H3,(H,21,24)(H,22,25). The highest BCUT2D eigenvalue weighted by Gasteiger charge is 2.24. The lowest BCUT2D eigenvalue weighted by Gasteiger charge is -2.32. The Morgan fingerprint density at radius 2 is 1.85 bits per heavy atom. The number of hydrogen-bond acceptors (Lipinski definition) is 3. The van der Waals surface area contributed by atoms with Gasteiger partial charge in [0.05, 0.1) is 12.8 Å². The molecule has 0 spiro atoms. The molecule has 0 saturated carbocycles. The first-order valence-corrected chi connectivity index (χ1v) is 9.24. The Balaban J connectivity index is 1.75. The molecule has 0 atom stereocenters. The number of urea groups is 1. The minimum absolute atomic E-state index is 0.00400. The van der Waals surface area contributed by atoms with Crippen molar-refractivity contribution in [3.8, 4) is 5.75 Å². The number of para-hydroxylation sites is 2. The van der Waals surface area contributed by atoms with Gasteiger partial charge in [-0.05, 0) is 36.3 Å². The van der Waals surface area contributed by atoms with Crippen LogP contribution in [0.4, 0.5) is 10.5 Å². The second-order valence-corrected chi connectivity index (χ2v) is 8.10. The van der Waals surface area contributed by atoms with Crippen molar-refractivity contribution in [3.05, 3.63) is 24.3 Å². The molecule has 0 radical (unpaired) electrons. The van der Waals surface area contributed by atoms with Crippen molar-refractivity contribution in [2.24, 2.45) is 11.3 Å². The largest absolute Gasteiger partial charge is 0.495 e. The van der Waals surface area contributed by atoms with Crippen molar-refractivity contribution in [3.63, 3.8) is 0 Å². The number of carbonyl (C=O) groups is 2. The normalized spacial score (nSPS) is 15.5. The molecule has 1 aliphatic rings. The number of methoxy groups -OCH3 is 1. The van der Waals surface area contributed by atoms with Crippen LogP contribution in [0, 0.1) is 11.3 Å². The smallest absolute Gasteiger partial charge is 0.321 e. The van der Waals surface area contributed by atoms with Crippen molar-refractivity contribution in [1.29, 1.82) is 0 Å². The number of carbonyl (C=O) groups excluding carboxylic acids is 2. The fourth-order valence-electron chi connectivity index (χ4n) is 3.08. The number of amides is 3. The first kappa shape index (κ1) is 20.1. The Kier molecular flexibility index (Phi) is 6.89. The zero-order valence-electron chi connectivity index (χ0n) is 16.3. The summed E-state index contributed by atoms with van der Waals surface area (Å²) in [6, 6.07) is 7.28. The molecular formula is C20H31N3O3. The van der Waals surface area contributed by atoms with E-state index in [9.17, 15) is 9.59 Å². The molecule has 1 aliphatic heterocycles. The summed E-state index contributed by atoms with van der Waals surface area (Å²) in [5, 5.41) is 5.95. The Labute approximate surface area is 156 Å². The number of hydrogen-bond donors (Lipinski definition) is 2. The third-order valence-electron chi connectivity index (χ3n) is 4.53. The van der Waals surface area contributed by atoms with E-state index in [-0.39, 0.29) is 17.4 Å². The van der Waals surface area contributed by atoms with E-state index in [1.165, 1.54) is 0 Å². The zero-order chi connectivity index (χ0) is 19.2. The van der Waals surface area contributed by atoms with Gasteiger partial charge in [-0.2, -0.15) is 0 Å². The lowest BCUT2D eigenvalue weighted by molar-refractivity contribution is -0.123. The molecule has 2 N–H and O–H groups in total. The van der Waals surface area contributed by atoms with Gasteiger partial charge in [0.1, 0.15) is 5.75 Å². The van der Waals surface area contributed by atoms with Crippen LogP contribution in [0.2, 0.25) is 0 Å².